The van der Waals surface area contributed by atoms with Crippen LogP contribution in [0.25, 0.3) is 0 Å². The molecular formula is C15H18BrCl2N3O2S. The van der Waals surface area contributed by atoms with Gasteiger partial charge in [-0.05, 0) is 39.0 Å². The van der Waals surface area contributed by atoms with Crippen molar-refractivity contribution in [2.24, 2.45) is 0 Å². The van der Waals surface area contributed by atoms with E-state index in [0.29, 0.717) is 4.47 Å². The molecule has 5 nitrogen and oxygen atoms in total. The first-order valence-corrected chi connectivity index (χ1v) is 8.76. The summed E-state index contributed by atoms with van der Waals surface area (Å²) >= 11 is 4.96. The molecule has 24 heavy (non-hydrogen) atoms. The van der Waals surface area contributed by atoms with Crippen molar-refractivity contribution >= 4 is 57.8 Å². The molecule has 1 saturated heterocycles. The Morgan fingerprint density at radius 2 is 1.96 bits per heavy atom. The molecule has 0 radical (unpaired) electrons. The predicted molar refractivity (Wildman–Crippen MR) is 106 cm³/mol. The Morgan fingerprint density at radius 1 is 1.25 bits per heavy atom. The molecule has 132 valence electrons. The van der Waals surface area contributed by atoms with Crippen LogP contribution in [0.1, 0.15) is 16.5 Å². The van der Waals surface area contributed by atoms with Crippen LogP contribution < -0.4 is 5.32 Å². The van der Waals surface area contributed by atoms with Gasteiger partial charge in [-0.25, -0.2) is 0 Å². The zero-order valence-electron chi connectivity index (χ0n) is 12.7. The van der Waals surface area contributed by atoms with Crippen LogP contribution in [0.5, 0.6) is 0 Å². The van der Waals surface area contributed by atoms with Crippen LogP contribution in [0.15, 0.2) is 40.2 Å². The second-order valence-electron chi connectivity index (χ2n) is 5.17. The second-order valence-corrected chi connectivity index (χ2v) is 7.01. The third kappa shape index (κ3) is 4.68. The summed E-state index contributed by atoms with van der Waals surface area (Å²) in [5.74, 6) is 0. The molecule has 2 heterocycles. The Bertz CT molecular complexity index is 667. The monoisotopic (exact) mass is 453 g/mol. The molecule has 1 fully saturated rings. The van der Waals surface area contributed by atoms with Gasteiger partial charge in [0.15, 0.2) is 0 Å². The molecule has 1 aliphatic rings. The van der Waals surface area contributed by atoms with Crippen LogP contribution in [0.2, 0.25) is 0 Å². The van der Waals surface area contributed by atoms with Gasteiger partial charge in [-0.2, -0.15) is 0 Å². The fourth-order valence-electron chi connectivity index (χ4n) is 2.78. The lowest BCUT2D eigenvalue weighted by Gasteiger charge is -2.34. The molecule has 1 N–H and O–H groups in total. The molecule has 0 unspecified atom stereocenters. The summed E-state index contributed by atoms with van der Waals surface area (Å²) in [7, 11) is 0. The van der Waals surface area contributed by atoms with Crippen molar-refractivity contribution in [3.8, 4) is 0 Å². The predicted octanol–water partition coefficient (Wildman–Crippen LogP) is 4.26. The summed E-state index contributed by atoms with van der Waals surface area (Å²) in [5.41, 5.74) is 1.09. The summed E-state index contributed by atoms with van der Waals surface area (Å²) in [6.45, 7) is 3.76. The second kappa shape index (κ2) is 9.70. The van der Waals surface area contributed by atoms with Crippen molar-refractivity contribution in [2.45, 2.75) is 6.04 Å². The van der Waals surface area contributed by atoms with Crippen molar-refractivity contribution in [2.75, 3.05) is 26.2 Å². The number of halogens is 3. The van der Waals surface area contributed by atoms with E-state index < -0.39 is 0 Å². The minimum absolute atomic E-state index is 0. The van der Waals surface area contributed by atoms with E-state index in [1.54, 1.807) is 23.5 Å². The normalized spacial score (nSPS) is 15.9. The molecule has 2 aromatic rings. The third-order valence-electron chi connectivity index (χ3n) is 3.81. The molecule has 0 saturated carbocycles. The van der Waals surface area contributed by atoms with E-state index in [0.717, 1.165) is 31.7 Å². The zero-order valence-corrected chi connectivity index (χ0v) is 16.7. The average Bonchev–Trinajstić information content (AvgIpc) is 3.04. The van der Waals surface area contributed by atoms with E-state index in [9.17, 15) is 10.1 Å². The van der Waals surface area contributed by atoms with Crippen LogP contribution in [0.4, 0.5) is 5.69 Å². The van der Waals surface area contributed by atoms with Gasteiger partial charge in [0.05, 0.1) is 15.4 Å². The molecule has 0 aliphatic carbocycles. The van der Waals surface area contributed by atoms with Gasteiger partial charge in [-0.3, -0.25) is 15.0 Å². The highest BCUT2D eigenvalue weighted by Crippen LogP contribution is 2.35. The number of nitro benzene ring substituents is 1. The van der Waals surface area contributed by atoms with Crippen LogP contribution in [0, 0.1) is 10.1 Å². The van der Waals surface area contributed by atoms with Gasteiger partial charge in [0.1, 0.15) is 0 Å². The third-order valence-corrected chi connectivity index (χ3v) is 5.41. The summed E-state index contributed by atoms with van der Waals surface area (Å²) in [4.78, 5) is 14.5. The lowest BCUT2D eigenvalue weighted by Crippen LogP contribution is -2.45. The maximum atomic E-state index is 11.2. The summed E-state index contributed by atoms with van der Waals surface area (Å²) < 4.78 is 0.520. The van der Waals surface area contributed by atoms with Gasteiger partial charge < -0.3 is 5.32 Å². The molecule has 1 aliphatic heterocycles. The molecular weight excluding hydrogens is 437 g/mol. The Morgan fingerprint density at radius 3 is 2.54 bits per heavy atom. The first kappa shape index (κ1) is 21.3. The van der Waals surface area contributed by atoms with Gasteiger partial charge in [0.25, 0.3) is 5.69 Å². The number of nitrogens with zero attached hydrogens (tertiary/aromatic N) is 2. The summed E-state index contributed by atoms with van der Waals surface area (Å²) in [5, 5.41) is 16.6. The van der Waals surface area contributed by atoms with E-state index >= 15 is 0 Å². The van der Waals surface area contributed by atoms with E-state index in [1.807, 2.05) is 12.1 Å². The lowest BCUT2D eigenvalue weighted by atomic mass is 10.0. The van der Waals surface area contributed by atoms with Gasteiger partial charge in [-0.1, -0.05) is 12.1 Å². The molecule has 3 rings (SSSR count). The topological polar surface area (TPSA) is 58.4 Å². The molecule has 0 amide bonds. The average molecular weight is 455 g/mol. The number of nitro groups is 1. The first-order valence-electron chi connectivity index (χ1n) is 7.09. The lowest BCUT2D eigenvalue weighted by molar-refractivity contribution is -0.385. The number of rotatable bonds is 4. The Balaban J connectivity index is 0.00000144. The fourth-order valence-corrected chi connectivity index (χ4v) is 4.06. The molecule has 1 atom stereocenters. The fraction of sp³-hybridized carbons (Fsp3) is 0.333. The van der Waals surface area contributed by atoms with Crippen molar-refractivity contribution in [3.05, 3.63) is 60.7 Å². The number of nitrogens with one attached hydrogen (secondary N) is 1. The smallest absolute Gasteiger partial charge is 0.283 e. The quantitative estimate of drug-likeness (QED) is 0.553. The van der Waals surface area contributed by atoms with Crippen molar-refractivity contribution in [1.82, 2.24) is 10.2 Å². The molecule has 9 heteroatoms. The summed E-state index contributed by atoms with van der Waals surface area (Å²) in [6.07, 6.45) is 0. The first-order chi connectivity index (χ1) is 10.7. The SMILES string of the molecule is Cl.Cl.O=[N+]([O-])c1cc([C@@H](c2cccs2)N2CCNCC2)ccc1Br. The minimum Gasteiger partial charge on any atom is -0.314 e. The molecule has 0 bridgehead atoms. The Kier molecular flexibility index (Phi) is 8.62. The minimum atomic E-state index is -0.336. The number of thiophene rings is 1. The molecule has 1 aromatic carbocycles. The highest BCUT2D eigenvalue weighted by Gasteiger charge is 2.26. The van der Waals surface area contributed by atoms with E-state index in [2.05, 4.69) is 37.6 Å². The van der Waals surface area contributed by atoms with Crippen LogP contribution >= 0.6 is 52.1 Å². The van der Waals surface area contributed by atoms with Crippen LogP contribution in [0.3, 0.4) is 0 Å². The van der Waals surface area contributed by atoms with Crippen molar-refractivity contribution in [3.63, 3.8) is 0 Å². The standard InChI is InChI=1S/C15H16BrN3O2S.2ClH/c16-12-4-3-11(10-13(12)19(20)21)15(14-2-1-9-22-14)18-7-5-17-6-8-18;;/h1-4,9-10,15,17H,5-8H2;2*1H/t15-;;/m0../s1. The Labute approximate surface area is 165 Å². The number of benzene rings is 1. The maximum Gasteiger partial charge on any atom is 0.283 e. The highest BCUT2D eigenvalue weighted by molar-refractivity contribution is 9.10. The van der Waals surface area contributed by atoms with Gasteiger partial charge in [0.2, 0.25) is 0 Å². The maximum absolute atomic E-state index is 11.2. The number of hydrogen-bond donors (Lipinski definition) is 1. The highest BCUT2D eigenvalue weighted by atomic mass is 79.9. The van der Waals surface area contributed by atoms with Gasteiger partial charge in [0, 0.05) is 37.1 Å². The largest absolute Gasteiger partial charge is 0.314 e. The van der Waals surface area contributed by atoms with E-state index in [1.165, 1.54) is 4.88 Å². The van der Waals surface area contributed by atoms with Crippen LogP contribution in [-0.2, 0) is 0 Å². The van der Waals surface area contributed by atoms with Gasteiger partial charge in [-0.15, -0.1) is 36.2 Å². The summed E-state index contributed by atoms with van der Waals surface area (Å²) in [6, 6.07) is 9.65. The van der Waals surface area contributed by atoms with Crippen molar-refractivity contribution < 1.29 is 4.92 Å². The van der Waals surface area contributed by atoms with E-state index in [4.69, 9.17) is 0 Å². The number of piperazine rings is 1. The van der Waals surface area contributed by atoms with Crippen LogP contribution in [-0.4, -0.2) is 36.0 Å². The van der Waals surface area contributed by atoms with Gasteiger partial charge >= 0.3 is 0 Å². The Hall–Kier alpha value is -0.700. The number of hydrogen-bond acceptors (Lipinski definition) is 5. The zero-order chi connectivity index (χ0) is 15.5. The molecule has 0 spiro atoms. The van der Waals surface area contributed by atoms with E-state index in [-0.39, 0.29) is 41.5 Å². The van der Waals surface area contributed by atoms with Crippen molar-refractivity contribution in [1.29, 1.82) is 0 Å². The molecule has 1 aromatic heterocycles.